The zero-order valence-corrected chi connectivity index (χ0v) is 10.3. The summed E-state index contributed by atoms with van der Waals surface area (Å²) < 4.78 is 32.4. The van der Waals surface area contributed by atoms with E-state index < -0.39 is 39.6 Å². The number of hydrogen-bond acceptors (Lipinski definition) is 4. The van der Waals surface area contributed by atoms with Gasteiger partial charge < -0.3 is 9.84 Å². The molecular formula is C12H11F2NO5. The van der Waals surface area contributed by atoms with Crippen LogP contribution >= 0.6 is 0 Å². The van der Waals surface area contributed by atoms with Gasteiger partial charge in [-0.05, 0) is 19.3 Å². The maximum Gasteiger partial charge on any atom is 0.307 e. The van der Waals surface area contributed by atoms with Crippen molar-refractivity contribution in [2.75, 3.05) is 0 Å². The average Bonchev–Trinajstić information content (AvgIpc) is 2.29. The van der Waals surface area contributed by atoms with Crippen molar-refractivity contribution in [1.82, 2.24) is 0 Å². The lowest BCUT2D eigenvalue weighted by Crippen LogP contribution is -2.45. The molecule has 1 N–H and O–H groups in total. The van der Waals surface area contributed by atoms with E-state index in [1.54, 1.807) is 0 Å². The molecule has 108 valence electrons. The van der Waals surface area contributed by atoms with Crippen molar-refractivity contribution in [3.05, 3.63) is 33.9 Å². The molecule has 6 nitrogen and oxygen atoms in total. The van der Waals surface area contributed by atoms with Crippen LogP contribution in [0.15, 0.2) is 12.1 Å². The SMILES string of the molecule is O=C(O)CC1(Oc2cc(F)c([N+](=O)[O-])cc2F)CCC1. The van der Waals surface area contributed by atoms with Crippen LogP contribution in [0.4, 0.5) is 14.5 Å². The molecule has 1 aliphatic carbocycles. The highest BCUT2D eigenvalue weighted by molar-refractivity contribution is 5.68. The normalized spacial score (nSPS) is 16.3. The van der Waals surface area contributed by atoms with Crippen molar-refractivity contribution in [2.24, 2.45) is 0 Å². The van der Waals surface area contributed by atoms with Crippen molar-refractivity contribution in [3.63, 3.8) is 0 Å². The first-order chi connectivity index (χ1) is 9.33. The highest BCUT2D eigenvalue weighted by Crippen LogP contribution is 2.41. The van der Waals surface area contributed by atoms with E-state index in [-0.39, 0.29) is 6.42 Å². The number of nitro groups is 1. The Bertz CT molecular complexity index is 571. The summed E-state index contributed by atoms with van der Waals surface area (Å²) in [5, 5.41) is 19.3. The van der Waals surface area contributed by atoms with Gasteiger partial charge in [0, 0.05) is 6.07 Å². The molecule has 0 atom stereocenters. The molecule has 1 aromatic rings. The van der Waals surface area contributed by atoms with Gasteiger partial charge in [0.25, 0.3) is 0 Å². The Kier molecular flexibility index (Phi) is 3.56. The zero-order valence-electron chi connectivity index (χ0n) is 10.3. The highest BCUT2D eigenvalue weighted by Gasteiger charge is 2.42. The number of hydrogen-bond donors (Lipinski definition) is 1. The summed E-state index contributed by atoms with van der Waals surface area (Å²) in [7, 11) is 0. The van der Waals surface area contributed by atoms with Crippen LogP contribution in [-0.2, 0) is 4.79 Å². The standard InChI is InChI=1S/C12H11F2NO5/c13-7-5-10(8(14)4-9(7)15(18)19)20-12(2-1-3-12)6-11(16)17/h4-5H,1-3,6H2,(H,16,17). The van der Waals surface area contributed by atoms with Crippen LogP contribution in [0.5, 0.6) is 5.75 Å². The predicted molar refractivity (Wildman–Crippen MR) is 62.5 cm³/mol. The number of carboxylic acid groups (broad SMARTS) is 1. The molecule has 0 heterocycles. The lowest BCUT2D eigenvalue weighted by molar-refractivity contribution is -0.387. The fourth-order valence-corrected chi connectivity index (χ4v) is 2.13. The van der Waals surface area contributed by atoms with E-state index in [4.69, 9.17) is 9.84 Å². The third-order valence-corrected chi connectivity index (χ3v) is 3.26. The third-order valence-electron chi connectivity index (χ3n) is 3.26. The second-order valence-corrected chi connectivity index (χ2v) is 4.70. The Balaban J connectivity index is 2.27. The number of ether oxygens (including phenoxy) is 1. The van der Waals surface area contributed by atoms with Crippen LogP contribution in [0.25, 0.3) is 0 Å². The number of halogens is 2. The number of nitrogens with zero attached hydrogens (tertiary/aromatic N) is 1. The summed E-state index contributed by atoms with van der Waals surface area (Å²) in [4.78, 5) is 20.2. The van der Waals surface area contributed by atoms with E-state index in [0.29, 0.717) is 25.0 Å². The molecule has 0 saturated heterocycles. The number of aliphatic carboxylic acids is 1. The zero-order chi connectivity index (χ0) is 14.9. The van der Waals surface area contributed by atoms with Crippen LogP contribution in [0.3, 0.4) is 0 Å². The summed E-state index contributed by atoms with van der Waals surface area (Å²) in [6.07, 6.45) is 1.23. The third kappa shape index (κ3) is 2.68. The van der Waals surface area contributed by atoms with Gasteiger partial charge in [0.2, 0.25) is 5.82 Å². The van der Waals surface area contributed by atoms with Gasteiger partial charge in [-0.3, -0.25) is 14.9 Å². The van der Waals surface area contributed by atoms with Crippen molar-refractivity contribution >= 4 is 11.7 Å². The average molecular weight is 287 g/mol. The number of benzene rings is 1. The number of carbonyl (C=O) groups is 1. The van der Waals surface area contributed by atoms with Crippen LogP contribution in [0, 0.1) is 21.7 Å². The first-order valence-electron chi connectivity index (χ1n) is 5.87. The van der Waals surface area contributed by atoms with Crippen LogP contribution < -0.4 is 4.74 Å². The van der Waals surface area contributed by atoms with Gasteiger partial charge in [0.05, 0.1) is 17.4 Å². The maximum atomic E-state index is 13.7. The molecule has 1 saturated carbocycles. The van der Waals surface area contributed by atoms with E-state index in [1.807, 2.05) is 0 Å². The molecule has 20 heavy (non-hydrogen) atoms. The predicted octanol–water partition coefficient (Wildman–Crippen LogP) is 2.65. The molecule has 0 spiro atoms. The highest BCUT2D eigenvalue weighted by atomic mass is 19.1. The van der Waals surface area contributed by atoms with Gasteiger partial charge in [-0.25, -0.2) is 4.39 Å². The first kappa shape index (κ1) is 14.2. The number of nitro benzene ring substituents is 1. The quantitative estimate of drug-likeness (QED) is 0.664. The summed E-state index contributed by atoms with van der Waals surface area (Å²) in [5.74, 6) is -3.92. The topological polar surface area (TPSA) is 89.7 Å². The van der Waals surface area contributed by atoms with E-state index in [0.717, 1.165) is 6.42 Å². The Hall–Kier alpha value is -2.25. The molecule has 1 aromatic carbocycles. The van der Waals surface area contributed by atoms with Gasteiger partial charge in [-0.1, -0.05) is 0 Å². The van der Waals surface area contributed by atoms with Crippen molar-refractivity contribution in [3.8, 4) is 5.75 Å². The van der Waals surface area contributed by atoms with Crippen LogP contribution in [0.2, 0.25) is 0 Å². The second kappa shape index (κ2) is 5.03. The van der Waals surface area contributed by atoms with E-state index >= 15 is 0 Å². The molecule has 8 heteroatoms. The molecule has 0 unspecified atom stereocenters. The largest absolute Gasteiger partial charge is 0.483 e. The van der Waals surface area contributed by atoms with Crippen LogP contribution in [0.1, 0.15) is 25.7 Å². The minimum Gasteiger partial charge on any atom is -0.483 e. The molecule has 0 aromatic heterocycles. The summed E-state index contributed by atoms with van der Waals surface area (Å²) in [6, 6.07) is 1.01. The van der Waals surface area contributed by atoms with Gasteiger partial charge >= 0.3 is 11.7 Å². The molecule has 1 fully saturated rings. The summed E-state index contributed by atoms with van der Waals surface area (Å²) in [6.45, 7) is 0. The maximum absolute atomic E-state index is 13.7. The van der Waals surface area contributed by atoms with Gasteiger partial charge in [-0.2, -0.15) is 4.39 Å². The van der Waals surface area contributed by atoms with E-state index in [9.17, 15) is 23.7 Å². The van der Waals surface area contributed by atoms with Crippen molar-refractivity contribution in [2.45, 2.75) is 31.3 Å². The first-order valence-corrected chi connectivity index (χ1v) is 5.87. The van der Waals surface area contributed by atoms with Gasteiger partial charge in [0.15, 0.2) is 11.6 Å². The smallest absolute Gasteiger partial charge is 0.307 e. The minimum absolute atomic E-state index is 0.328. The van der Waals surface area contributed by atoms with Crippen LogP contribution in [-0.4, -0.2) is 21.6 Å². The summed E-state index contributed by atoms with van der Waals surface area (Å²) in [5.41, 5.74) is -2.05. The van der Waals surface area contributed by atoms with Gasteiger partial charge in [-0.15, -0.1) is 0 Å². The Morgan fingerprint density at radius 1 is 1.40 bits per heavy atom. The van der Waals surface area contributed by atoms with Crippen molar-refractivity contribution < 1.29 is 28.3 Å². The fraction of sp³-hybridized carbons (Fsp3) is 0.417. The minimum atomic E-state index is -1.23. The number of carboxylic acids is 1. The Morgan fingerprint density at radius 2 is 2.05 bits per heavy atom. The molecule has 0 amide bonds. The van der Waals surface area contributed by atoms with Crippen molar-refractivity contribution in [1.29, 1.82) is 0 Å². The fourth-order valence-electron chi connectivity index (χ4n) is 2.13. The Morgan fingerprint density at radius 3 is 2.50 bits per heavy atom. The second-order valence-electron chi connectivity index (χ2n) is 4.70. The lowest BCUT2D eigenvalue weighted by atomic mass is 9.77. The molecule has 0 radical (unpaired) electrons. The summed E-state index contributed by atoms with van der Waals surface area (Å²) >= 11 is 0. The molecule has 2 rings (SSSR count). The monoisotopic (exact) mass is 287 g/mol. The molecule has 1 aliphatic rings. The molecule has 0 bridgehead atoms. The molecular weight excluding hydrogens is 276 g/mol. The lowest BCUT2D eigenvalue weighted by Gasteiger charge is -2.40. The molecule has 0 aliphatic heterocycles. The van der Waals surface area contributed by atoms with Gasteiger partial charge in [0.1, 0.15) is 5.60 Å². The Labute approximate surface area is 112 Å². The van der Waals surface area contributed by atoms with E-state index in [1.165, 1.54) is 0 Å². The van der Waals surface area contributed by atoms with E-state index in [2.05, 4.69) is 0 Å². The number of rotatable bonds is 5.